The van der Waals surface area contributed by atoms with E-state index in [-0.39, 0.29) is 12.4 Å². The minimum Gasteiger partial charge on any atom is -0.466 e. The second kappa shape index (κ2) is 4.08. The molecule has 5 nitrogen and oxygen atoms in total. The maximum atomic E-state index is 11.2. The second-order valence-electron chi connectivity index (χ2n) is 3.06. The number of imidazole rings is 1. The molecule has 2 rings (SSSR count). The molecule has 0 spiro atoms. The highest BCUT2D eigenvalue weighted by Gasteiger charge is 2.07. The van der Waals surface area contributed by atoms with Crippen LogP contribution in [0.2, 0.25) is 0 Å². The molecular weight excluding hydrogens is 194 g/mol. The van der Waals surface area contributed by atoms with Crippen LogP contribution >= 0.6 is 0 Å². The Hall–Kier alpha value is -1.91. The van der Waals surface area contributed by atoms with E-state index in [1.165, 1.54) is 0 Å². The number of fused-ring (bicyclic) bond motifs is 1. The molecule has 5 heteroatoms. The lowest BCUT2D eigenvalue weighted by Gasteiger charge is -1.97. The lowest BCUT2D eigenvalue weighted by atomic mass is 10.3. The quantitative estimate of drug-likeness (QED) is 0.696. The van der Waals surface area contributed by atoms with Crippen molar-refractivity contribution in [3.8, 4) is 0 Å². The van der Waals surface area contributed by atoms with Crippen molar-refractivity contribution < 1.29 is 9.53 Å². The monoisotopic (exact) mass is 205 g/mol. The molecule has 0 N–H and O–H groups in total. The fourth-order valence-electron chi connectivity index (χ4n) is 1.34. The summed E-state index contributed by atoms with van der Waals surface area (Å²) in [7, 11) is 0. The summed E-state index contributed by atoms with van der Waals surface area (Å²) in [6.45, 7) is 2.18. The van der Waals surface area contributed by atoms with Gasteiger partial charge >= 0.3 is 5.97 Å². The van der Waals surface area contributed by atoms with Gasteiger partial charge in [0, 0.05) is 18.6 Å². The van der Waals surface area contributed by atoms with Crippen molar-refractivity contribution in [1.29, 1.82) is 0 Å². The van der Waals surface area contributed by atoms with Crippen LogP contribution in [0.4, 0.5) is 0 Å². The number of carbonyl (C=O) groups is 1. The van der Waals surface area contributed by atoms with Crippen LogP contribution in [0.1, 0.15) is 12.6 Å². The molecule has 0 bridgehead atoms. The van der Waals surface area contributed by atoms with Gasteiger partial charge < -0.3 is 9.14 Å². The summed E-state index contributed by atoms with van der Waals surface area (Å²) < 4.78 is 6.66. The normalized spacial score (nSPS) is 10.5. The zero-order chi connectivity index (χ0) is 10.7. The second-order valence-corrected chi connectivity index (χ2v) is 3.06. The van der Waals surface area contributed by atoms with E-state index in [4.69, 9.17) is 4.74 Å². The summed E-state index contributed by atoms with van der Waals surface area (Å²) in [5, 5.41) is 0. The van der Waals surface area contributed by atoms with Crippen molar-refractivity contribution in [2.75, 3.05) is 6.61 Å². The third-order valence-electron chi connectivity index (χ3n) is 1.94. The van der Waals surface area contributed by atoms with Crippen molar-refractivity contribution in [3.63, 3.8) is 0 Å². The minimum atomic E-state index is -0.256. The van der Waals surface area contributed by atoms with Gasteiger partial charge in [0.1, 0.15) is 0 Å². The van der Waals surface area contributed by atoms with E-state index in [1.807, 2.05) is 4.40 Å². The molecule has 0 atom stereocenters. The summed E-state index contributed by atoms with van der Waals surface area (Å²) in [5.74, 6) is -0.256. The van der Waals surface area contributed by atoms with Crippen molar-refractivity contribution in [2.45, 2.75) is 13.3 Å². The molecule has 0 unspecified atom stereocenters. The Morgan fingerprint density at radius 3 is 3.20 bits per heavy atom. The fraction of sp³-hybridized carbons (Fsp3) is 0.300. The Labute approximate surface area is 86.7 Å². The van der Waals surface area contributed by atoms with Gasteiger partial charge in [0.2, 0.25) is 0 Å². The van der Waals surface area contributed by atoms with Gasteiger partial charge in [-0.3, -0.25) is 9.78 Å². The molecule has 0 aliphatic rings. The molecule has 0 aromatic carbocycles. The van der Waals surface area contributed by atoms with Gasteiger partial charge in [-0.1, -0.05) is 0 Å². The molecule has 0 radical (unpaired) electrons. The lowest BCUT2D eigenvalue weighted by Crippen LogP contribution is -2.07. The molecule has 78 valence electrons. The Morgan fingerprint density at radius 2 is 2.47 bits per heavy atom. The number of esters is 1. The van der Waals surface area contributed by atoms with Gasteiger partial charge in [0.05, 0.1) is 24.9 Å². The first-order valence-electron chi connectivity index (χ1n) is 4.73. The fourth-order valence-corrected chi connectivity index (χ4v) is 1.34. The molecule has 2 heterocycles. The van der Waals surface area contributed by atoms with E-state index in [1.54, 1.807) is 31.7 Å². The molecule has 0 aliphatic carbocycles. The van der Waals surface area contributed by atoms with Crippen LogP contribution in [0, 0.1) is 0 Å². The van der Waals surface area contributed by atoms with E-state index < -0.39 is 0 Å². The van der Waals surface area contributed by atoms with Gasteiger partial charge in [-0.15, -0.1) is 0 Å². The number of carbonyl (C=O) groups excluding carboxylic acids is 1. The van der Waals surface area contributed by atoms with Crippen LogP contribution in [0.25, 0.3) is 5.65 Å². The van der Waals surface area contributed by atoms with Gasteiger partial charge in [-0.05, 0) is 6.92 Å². The molecular formula is C10H11N3O2. The molecule has 0 fully saturated rings. The topological polar surface area (TPSA) is 56.5 Å². The predicted octanol–water partition coefficient (Wildman–Crippen LogP) is 0.835. The van der Waals surface area contributed by atoms with E-state index in [9.17, 15) is 4.79 Å². The van der Waals surface area contributed by atoms with Crippen LogP contribution in [0.3, 0.4) is 0 Å². The van der Waals surface area contributed by atoms with Gasteiger partial charge in [0.15, 0.2) is 5.65 Å². The van der Waals surface area contributed by atoms with Gasteiger partial charge in [0.25, 0.3) is 0 Å². The van der Waals surface area contributed by atoms with E-state index in [0.717, 1.165) is 5.65 Å². The maximum absolute atomic E-state index is 11.2. The summed E-state index contributed by atoms with van der Waals surface area (Å²) >= 11 is 0. The first kappa shape index (κ1) is 9.64. The molecule has 15 heavy (non-hydrogen) atoms. The maximum Gasteiger partial charge on any atom is 0.311 e. The standard InChI is InChI=1S/C10H11N3O2/c1-2-15-10(14)5-8-7-13-4-3-11-6-9(13)12-8/h3-4,6-7H,2,5H2,1H3. The smallest absolute Gasteiger partial charge is 0.311 e. The Balaban J connectivity index is 2.18. The van der Waals surface area contributed by atoms with E-state index in [0.29, 0.717) is 12.3 Å². The van der Waals surface area contributed by atoms with Crippen LogP contribution in [-0.2, 0) is 16.0 Å². The highest BCUT2D eigenvalue weighted by Crippen LogP contribution is 2.04. The third-order valence-corrected chi connectivity index (χ3v) is 1.94. The van der Waals surface area contributed by atoms with Crippen LogP contribution in [-0.4, -0.2) is 26.9 Å². The van der Waals surface area contributed by atoms with Crippen LogP contribution in [0.15, 0.2) is 24.8 Å². The number of rotatable bonds is 3. The Morgan fingerprint density at radius 1 is 1.60 bits per heavy atom. The number of hydrogen-bond acceptors (Lipinski definition) is 4. The average molecular weight is 205 g/mol. The Bertz CT molecular complexity index is 445. The van der Waals surface area contributed by atoms with Crippen LogP contribution in [0.5, 0.6) is 0 Å². The first-order chi connectivity index (χ1) is 7.29. The zero-order valence-corrected chi connectivity index (χ0v) is 8.38. The van der Waals surface area contributed by atoms with Crippen molar-refractivity contribution in [2.24, 2.45) is 0 Å². The van der Waals surface area contributed by atoms with Crippen molar-refractivity contribution >= 4 is 11.6 Å². The van der Waals surface area contributed by atoms with Gasteiger partial charge in [-0.25, -0.2) is 4.98 Å². The summed E-state index contributed by atoms with van der Waals surface area (Å²) in [6, 6.07) is 0. The highest BCUT2D eigenvalue weighted by molar-refractivity contribution is 5.72. The Kier molecular flexibility index (Phi) is 2.62. The number of aromatic nitrogens is 3. The average Bonchev–Trinajstić information content (AvgIpc) is 2.59. The molecule has 0 amide bonds. The third kappa shape index (κ3) is 2.12. The van der Waals surface area contributed by atoms with Crippen molar-refractivity contribution in [3.05, 3.63) is 30.5 Å². The summed E-state index contributed by atoms with van der Waals surface area (Å²) in [6.07, 6.45) is 7.11. The summed E-state index contributed by atoms with van der Waals surface area (Å²) in [5.41, 5.74) is 1.43. The minimum absolute atomic E-state index is 0.204. The van der Waals surface area contributed by atoms with E-state index >= 15 is 0 Å². The molecule has 2 aromatic rings. The van der Waals surface area contributed by atoms with Crippen molar-refractivity contribution in [1.82, 2.24) is 14.4 Å². The first-order valence-corrected chi connectivity index (χ1v) is 4.73. The molecule has 0 saturated heterocycles. The number of nitrogens with zero attached hydrogens (tertiary/aromatic N) is 3. The predicted molar refractivity (Wildman–Crippen MR) is 53.3 cm³/mol. The molecule has 0 aliphatic heterocycles. The van der Waals surface area contributed by atoms with Gasteiger partial charge in [-0.2, -0.15) is 0 Å². The number of hydrogen-bond donors (Lipinski definition) is 0. The zero-order valence-electron chi connectivity index (χ0n) is 8.38. The van der Waals surface area contributed by atoms with E-state index in [2.05, 4.69) is 9.97 Å². The van der Waals surface area contributed by atoms with Crippen LogP contribution < -0.4 is 0 Å². The highest BCUT2D eigenvalue weighted by atomic mass is 16.5. The molecule has 2 aromatic heterocycles. The molecule has 0 saturated carbocycles. The lowest BCUT2D eigenvalue weighted by molar-refractivity contribution is -0.142. The largest absolute Gasteiger partial charge is 0.466 e. The number of ether oxygens (including phenoxy) is 1. The SMILES string of the molecule is CCOC(=O)Cc1cn2ccncc2n1. The summed E-state index contributed by atoms with van der Waals surface area (Å²) in [4.78, 5) is 19.4.